The van der Waals surface area contributed by atoms with Crippen molar-refractivity contribution in [1.29, 1.82) is 0 Å². The Morgan fingerprint density at radius 1 is 1.19 bits per heavy atom. The molecule has 9 heteroatoms. The third kappa shape index (κ3) is 3.87. The number of anilines is 1. The van der Waals surface area contributed by atoms with Crippen LogP contribution in [0, 0.1) is 6.92 Å². The maximum atomic E-state index is 12.8. The van der Waals surface area contributed by atoms with Gasteiger partial charge in [0.2, 0.25) is 0 Å². The molecule has 1 N–H and O–H groups in total. The van der Waals surface area contributed by atoms with Crippen LogP contribution in [-0.2, 0) is 12.6 Å². The third-order valence-corrected chi connectivity index (χ3v) is 3.67. The van der Waals surface area contributed by atoms with Crippen molar-refractivity contribution in [2.45, 2.75) is 26.4 Å². The molecule has 0 saturated carbocycles. The third-order valence-electron chi connectivity index (χ3n) is 3.67. The minimum Gasteiger partial charge on any atom is -0.494 e. The van der Waals surface area contributed by atoms with Gasteiger partial charge in [0, 0.05) is 18.3 Å². The van der Waals surface area contributed by atoms with Gasteiger partial charge in [-0.25, -0.2) is 4.98 Å². The van der Waals surface area contributed by atoms with Gasteiger partial charge in [-0.15, -0.1) is 5.10 Å². The van der Waals surface area contributed by atoms with Crippen LogP contribution in [0.25, 0.3) is 5.78 Å². The van der Waals surface area contributed by atoms with Gasteiger partial charge in [-0.05, 0) is 31.9 Å². The predicted octanol–water partition coefficient (Wildman–Crippen LogP) is 3.50. The van der Waals surface area contributed by atoms with E-state index in [0.717, 1.165) is 15.8 Å². The first kappa shape index (κ1) is 18.0. The fourth-order valence-corrected chi connectivity index (χ4v) is 2.56. The zero-order valence-corrected chi connectivity index (χ0v) is 14.3. The second kappa shape index (κ2) is 7.19. The van der Waals surface area contributed by atoms with Crippen molar-refractivity contribution in [2.75, 3.05) is 18.5 Å². The topological polar surface area (TPSA) is 64.3 Å². The summed E-state index contributed by atoms with van der Waals surface area (Å²) in [6.07, 6.45) is -3.98. The molecule has 0 bridgehead atoms. The van der Waals surface area contributed by atoms with E-state index in [4.69, 9.17) is 4.74 Å². The number of halogens is 3. The number of alkyl halides is 3. The highest BCUT2D eigenvalue weighted by Crippen LogP contribution is 2.27. The lowest BCUT2D eigenvalue weighted by Crippen LogP contribution is -2.11. The number of ether oxygens (including phenoxy) is 1. The molecule has 0 aliphatic heterocycles. The van der Waals surface area contributed by atoms with E-state index in [2.05, 4.69) is 20.4 Å². The summed E-state index contributed by atoms with van der Waals surface area (Å²) < 4.78 is 45.2. The first-order chi connectivity index (χ1) is 12.4. The van der Waals surface area contributed by atoms with Crippen molar-refractivity contribution in [3.63, 3.8) is 0 Å². The Labute approximate surface area is 148 Å². The lowest BCUT2D eigenvalue weighted by atomic mass is 10.1. The number of benzene rings is 1. The van der Waals surface area contributed by atoms with Gasteiger partial charge in [-0.1, -0.05) is 18.2 Å². The smallest absolute Gasteiger partial charge is 0.453 e. The van der Waals surface area contributed by atoms with Crippen LogP contribution in [0.15, 0.2) is 30.3 Å². The average Bonchev–Trinajstić information content (AvgIpc) is 3.01. The number of hydrogen-bond acceptors (Lipinski definition) is 5. The fourth-order valence-electron chi connectivity index (χ4n) is 2.56. The number of hydrogen-bond donors (Lipinski definition) is 1. The summed E-state index contributed by atoms with van der Waals surface area (Å²) in [4.78, 5) is 7.47. The summed E-state index contributed by atoms with van der Waals surface area (Å²) in [6.45, 7) is 4.66. The minimum atomic E-state index is -4.62. The summed E-state index contributed by atoms with van der Waals surface area (Å²) in [7, 11) is 0. The molecule has 1 aromatic carbocycles. The minimum absolute atomic E-state index is 0.0884. The molecular formula is C17H18F3N5O. The zero-order valence-electron chi connectivity index (χ0n) is 14.3. The van der Waals surface area contributed by atoms with E-state index in [1.54, 1.807) is 13.0 Å². The molecule has 6 nitrogen and oxygen atoms in total. The largest absolute Gasteiger partial charge is 0.494 e. The summed E-state index contributed by atoms with van der Waals surface area (Å²) in [5, 5.41) is 6.64. The maximum Gasteiger partial charge on any atom is 0.453 e. The van der Waals surface area contributed by atoms with Gasteiger partial charge in [-0.3, -0.25) is 0 Å². The van der Waals surface area contributed by atoms with Crippen LogP contribution < -0.4 is 10.1 Å². The molecule has 3 rings (SSSR count). The molecule has 26 heavy (non-hydrogen) atoms. The summed E-state index contributed by atoms with van der Waals surface area (Å²) >= 11 is 0. The van der Waals surface area contributed by atoms with Gasteiger partial charge in [0.25, 0.3) is 11.6 Å². The molecule has 0 spiro atoms. The molecule has 0 amide bonds. The van der Waals surface area contributed by atoms with E-state index in [1.165, 1.54) is 0 Å². The number of nitrogens with one attached hydrogen (secondary N) is 1. The average molecular weight is 365 g/mol. The Morgan fingerprint density at radius 2 is 1.96 bits per heavy atom. The van der Waals surface area contributed by atoms with Crippen molar-refractivity contribution < 1.29 is 17.9 Å². The van der Waals surface area contributed by atoms with Gasteiger partial charge in [0.15, 0.2) is 0 Å². The zero-order chi connectivity index (χ0) is 18.7. The highest BCUT2D eigenvalue weighted by atomic mass is 19.4. The normalized spacial score (nSPS) is 11.7. The molecule has 2 aromatic heterocycles. The molecule has 138 valence electrons. The number of aromatic nitrogens is 4. The number of para-hydroxylation sites is 1. The Balaban J connectivity index is 1.80. The predicted molar refractivity (Wildman–Crippen MR) is 90.3 cm³/mol. The molecule has 0 aliphatic rings. The number of aryl methyl sites for hydroxylation is 1. The highest BCUT2D eigenvalue weighted by Gasteiger charge is 2.36. The lowest BCUT2D eigenvalue weighted by molar-refractivity contribution is -0.144. The molecule has 0 unspecified atom stereocenters. The Morgan fingerprint density at radius 3 is 2.69 bits per heavy atom. The second-order valence-electron chi connectivity index (χ2n) is 5.65. The van der Waals surface area contributed by atoms with E-state index in [-0.39, 0.29) is 5.78 Å². The van der Waals surface area contributed by atoms with Gasteiger partial charge < -0.3 is 10.1 Å². The van der Waals surface area contributed by atoms with Crippen LogP contribution >= 0.6 is 0 Å². The standard InChI is InChI=1S/C17H18F3N5O/c1-3-26-13-7-5-4-6-12(13)8-9-21-14-10-11(2)22-16-23-15(17(18,19)20)24-25(14)16/h4-7,10,21H,3,8-9H2,1-2H3. The Kier molecular flexibility index (Phi) is 4.97. The fraction of sp³-hybridized carbons (Fsp3) is 0.353. The quantitative estimate of drug-likeness (QED) is 0.724. The van der Waals surface area contributed by atoms with E-state index >= 15 is 0 Å². The second-order valence-corrected chi connectivity index (χ2v) is 5.65. The van der Waals surface area contributed by atoms with Crippen LogP contribution in [0.4, 0.5) is 19.0 Å². The first-order valence-electron chi connectivity index (χ1n) is 8.14. The summed E-state index contributed by atoms with van der Waals surface area (Å²) in [6, 6.07) is 9.29. The van der Waals surface area contributed by atoms with E-state index in [1.807, 2.05) is 31.2 Å². The van der Waals surface area contributed by atoms with Gasteiger partial charge in [-0.2, -0.15) is 22.7 Å². The molecule has 0 saturated heterocycles. The summed E-state index contributed by atoms with van der Waals surface area (Å²) in [5.41, 5.74) is 1.56. The SMILES string of the molecule is CCOc1ccccc1CCNc1cc(C)nc2nc(C(F)(F)F)nn12. The van der Waals surface area contributed by atoms with Crippen LogP contribution in [0.5, 0.6) is 5.75 Å². The van der Waals surface area contributed by atoms with E-state index < -0.39 is 12.0 Å². The molecule has 0 atom stereocenters. The van der Waals surface area contributed by atoms with Crippen molar-refractivity contribution >= 4 is 11.6 Å². The first-order valence-corrected chi connectivity index (χ1v) is 8.14. The van der Waals surface area contributed by atoms with Crippen molar-refractivity contribution in [3.05, 3.63) is 47.4 Å². The molecule has 0 fully saturated rings. The monoisotopic (exact) mass is 365 g/mol. The lowest BCUT2D eigenvalue weighted by Gasteiger charge is -2.12. The van der Waals surface area contributed by atoms with Gasteiger partial charge in [0.05, 0.1) is 6.61 Å². The Hall–Kier alpha value is -2.84. The molecule has 2 heterocycles. The molecular weight excluding hydrogens is 347 g/mol. The molecule has 0 radical (unpaired) electrons. The number of rotatable bonds is 6. The van der Waals surface area contributed by atoms with Crippen LogP contribution in [0.1, 0.15) is 24.0 Å². The van der Waals surface area contributed by atoms with Crippen molar-refractivity contribution in [3.8, 4) is 5.75 Å². The Bertz CT molecular complexity index is 907. The number of fused-ring (bicyclic) bond motifs is 1. The summed E-state index contributed by atoms with van der Waals surface area (Å²) in [5.74, 6) is -0.0905. The van der Waals surface area contributed by atoms with Gasteiger partial charge >= 0.3 is 6.18 Å². The van der Waals surface area contributed by atoms with Crippen LogP contribution in [-0.4, -0.2) is 32.7 Å². The van der Waals surface area contributed by atoms with Gasteiger partial charge in [0.1, 0.15) is 11.6 Å². The van der Waals surface area contributed by atoms with Crippen LogP contribution in [0.2, 0.25) is 0 Å². The van der Waals surface area contributed by atoms with Crippen LogP contribution in [0.3, 0.4) is 0 Å². The van der Waals surface area contributed by atoms with Crippen molar-refractivity contribution in [2.24, 2.45) is 0 Å². The number of nitrogens with zero attached hydrogens (tertiary/aromatic N) is 4. The highest BCUT2D eigenvalue weighted by molar-refractivity contribution is 5.46. The molecule has 3 aromatic rings. The molecule has 0 aliphatic carbocycles. The van der Waals surface area contributed by atoms with E-state index in [9.17, 15) is 13.2 Å². The maximum absolute atomic E-state index is 12.8. The van der Waals surface area contributed by atoms with E-state index in [0.29, 0.717) is 31.1 Å². The van der Waals surface area contributed by atoms with Crippen molar-refractivity contribution in [1.82, 2.24) is 19.6 Å².